The van der Waals surface area contributed by atoms with Crippen LogP contribution in [0.3, 0.4) is 0 Å². The Labute approximate surface area is 166 Å². The highest BCUT2D eigenvalue weighted by Crippen LogP contribution is 2.49. The Balaban J connectivity index is 1.45. The van der Waals surface area contributed by atoms with Crippen LogP contribution >= 0.6 is 0 Å². The monoisotopic (exact) mass is 425 g/mol. The van der Waals surface area contributed by atoms with Crippen LogP contribution in [-0.4, -0.2) is 24.7 Å². The summed E-state index contributed by atoms with van der Waals surface area (Å²) in [5, 5.41) is 0. The van der Waals surface area contributed by atoms with Gasteiger partial charge in [-0.25, -0.2) is 4.98 Å². The highest BCUT2D eigenvalue weighted by Gasteiger charge is 2.49. The molecule has 9 heteroatoms. The van der Waals surface area contributed by atoms with E-state index in [9.17, 15) is 26.4 Å². The number of rotatable bonds is 3. The van der Waals surface area contributed by atoms with Gasteiger partial charge in [-0.2, -0.15) is 21.6 Å². The number of carbonyl (C=O) groups is 1. The van der Waals surface area contributed by atoms with Gasteiger partial charge in [-0.3, -0.25) is 4.79 Å². The number of hydrogen-bond acceptors (Lipinski definition) is 5. The van der Waals surface area contributed by atoms with Crippen molar-refractivity contribution in [3.8, 4) is 5.88 Å². The van der Waals surface area contributed by atoms with Crippen LogP contribution in [0.1, 0.15) is 41.9 Å². The molecule has 2 aliphatic rings. The van der Waals surface area contributed by atoms with E-state index in [1.807, 2.05) is 12.1 Å². The summed E-state index contributed by atoms with van der Waals surface area (Å²) in [5.74, 6) is -1.01. The number of halogens is 3. The predicted molar refractivity (Wildman–Crippen MR) is 97.7 cm³/mol. The summed E-state index contributed by atoms with van der Waals surface area (Å²) in [7, 11) is -5.77. The molecule has 1 aromatic heterocycles. The fraction of sp³-hybridized carbons (Fsp3) is 0.400. The van der Waals surface area contributed by atoms with Crippen molar-refractivity contribution in [3.05, 3.63) is 59.3 Å². The Kier molecular flexibility index (Phi) is 4.68. The normalized spacial score (nSPS) is 21.2. The van der Waals surface area contributed by atoms with E-state index in [1.165, 1.54) is 23.4 Å². The smallest absolute Gasteiger partial charge is 0.355 e. The van der Waals surface area contributed by atoms with Crippen LogP contribution < -0.4 is 4.18 Å². The molecule has 1 spiro atoms. The maximum absolute atomic E-state index is 12.8. The SMILES string of the molecule is O=C1CC2(CC[C@H]1c1ccc(OS(=O)(=O)C(F)(F)F)nc1)Cc1ccccc1C2. The second-order valence-electron chi connectivity index (χ2n) is 7.77. The van der Waals surface area contributed by atoms with Crippen LogP contribution in [0.15, 0.2) is 42.6 Å². The number of nitrogens with zero attached hydrogens (tertiary/aromatic N) is 1. The Morgan fingerprint density at radius 2 is 1.69 bits per heavy atom. The Hall–Kier alpha value is -2.42. The maximum Gasteiger partial charge on any atom is 0.534 e. The average molecular weight is 425 g/mol. The van der Waals surface area contributed by atoms with E-state index in [0.717, 1.165) is 25.3 Å². The molecule has 4 rings (SSSR count). The first kappa shape index (κ1) is 19.9. The summed E-state index contributed by atoms with van der Waals surface area (Å²) in [5.41, 5.74) is -2.47. The number of carbonyl (C=O) groups excluding carboxylic acids is 1. The molecule has 2 aromatic rings. The highest BCUT2D eigenvalue weighted by molar-refractivity contribution is 7.87. The van der Waals surface area contributed by atoms with Gasteiger partial charge in [-0.15, -0.1) is 0 Å². The Morgan fingerprint density at radius 1 is 1.03 bits per heavy atom. The molecule has 0 amide bonds. The molecule has 1 aromatic carbocycles. The van der Waals surface area contributed by atoms with Crippen LogP contribution in [0.5, 0.6) is 5.88 Å². The second kappa shape index (κ2) is 6.83. The molecule has 2 aliphatic carbocycles. The number of alkyl halides is 3. The molecule has 1 heterocycles. The van der Waals surface area contributed by atoms with Crippen molar-refractivity contribution in [2.45, 2.75) is 43.5 Å². The number of pyridine rings is 1. The summed E-state index contributed by atoms with van der Waals surface area (Å²) in [6, 6.07) is 10.6. The van der Waals surface area contributed by atoms with E-state index >= 15 is 0 Å². The van der Waals surface area contributed by atoms with Crippen molar-refractivity contribution in [2.75, 3.05) is 0 Å². The zero-order valence-corrected chi connectivity index (χ0v) is 16.1. The summed E-state index contributed by atoms with van der Waals surface area (Å²) >= 11 is 0. The standard InChI is InChI=1S/C20H18F3NO4S/c21-20(22,23)29(26,27)28-18-6-5-15(12-24-18)16-7-8-19(11-17(16)25)9-13-3-1-2-4-14(13)10-19/h1-6,12,16H,7-11H2/t16-/m0/s1. The molecule has 154 valence electrons. The quantitative estimate of drug-likeness (QED) is 0.550. The van der Waals surface area contributed by atoms with Gasteiger partial charge < -0.3 is 4.18 Å². The lowest BCUT2D eigenvalue weighted by atomic mass is 9.67. The van der Waals surface area contributed by atoms with E-state index in [2.05, 4.69) is 21.3 Å². The second-order valence-corrected chi connectivity index (χ2v) is 9.31. The van der Waals surface area contributed by atoms with E-state index in [0.29, 0.717) is 18.4 Å². The minimum atomic E-state index is -5.77. The zero-order valence-electron chi connectivity index (χ0n) is 15.3. The maximum atomic E-state index is 12.8. The Bertz CT molecular complexity index is 1020. The molecular weight excluding hydrogens is 407 g/mol. The van der Waals surface area contributed by atoms with E-state index in [-0.39, 0.29) is 11.2 Å². The number of Topliss-reactive ketones (excluding diaryl/α,β-unsaturated/α-hetero) is 1. The fourth-order valence-electron chi connectivity index (χ4n) is 4.43. The van der Waals surface area contributed by atoms with Crippen LogP contribution in [0.25, 0.3) is 0 Å². The van der Waals surface area contributed by atoms with Crippen LogP contribution in [-0.2, 0) is 27.8 Å². The molecular formula is C20H18F3NO4S. The summed E-state index contributed by atoms with van der Waals surface area (Å²) in [6.07, 6.45) is 4.89. The van der Waals surface area contributed by atoms with Crippen molar-refractivity contribution in [1.82, 2.24) is 4.98 Å². The average Bonchev–Trinajstić information content (AvgIpc) is 2.99. The van der Waals surface area contributed by atoms with Crippen molar-refractivity contribution < 1.29 is 30.6 Å². The van der Waals surface area contributed by atoms with Gasteiger partial charge in [-0.1, -0.05) is 30.3 Å². The van der Waals surface area contributed by atoms with Crippen molar-refractivity contribution in [1.29, 1.82) is 0 Å². The molecule has 0 unspecified atom stereocenters. The van der Waals surface area contributed by atoms with Gasteiger partial charge in [0.1, 0.15) is 5.78 Å². The van der Waals surface area contributed by atoms with Crippen molar-refractivity contribution in [3.63, 3.8) is 0 Å². The van der Waals surface area contributed by atoms with Gasteiger partial charge in [0, 0.05) is 24.6 Å². The Morgan fingerprint density at radius 3 is 2.21 bits per heavy atom. The number of benzene rings is 1. The number of aromatic nitrogens is 1. The van der Waals surface area contributed by atoms with Gasteiger partial charge in [0.2, 0.25) is 5.88 Å². The first-order valence-corrected chi connectivity index (χ1v) is 10.6. The summed E-state index contributed by atoms with van der Waals surface area (Å²) < 4.78 is 63.3. The molecule has 0 bridgehead atoms. The summed E-state index contributed by atoms with van der Waals surface area (Å²) in [4.78, 5) is 16.5. The molecule has 1 saturated carbocycles. The third-order valence-electron chi connectivity index (χ3n) is 5.79. The minimum Gasteiger partial charge on any atom is -0.355 e. The lowest BCUT2D eigenvalue weighted by Gasteiger charge is -2.36. The van der Waals surface area contributed by atoms with Crippen molar-refractivity contribution >= 4 is 15.9 Å². The first-order chi connectivity index (χ1) is 13.6. The van der Waals surface area contributed by atoms with Crippen LogP contribution in [0.4, 0.5) is 13.2 Å². The first-order valence-electron chi connectivity index (χ1n) is 9.15. The molecule has 0 radical (unpaired) electrons. The van der Waals surface area contributed by atoms with E-state index in [1.54, 1.807) is 0 Å². The molecule has 29 heavy (non-hydrogen) atoms. The molecule has 0 aliphatic heterocycles. The van der Waals surface area contributed by atoms with Gasteiger partial charge in [0.15, 0.2) is 0 Å². The van der Waals surface area contributed by atoms with Gasteiger partial charge in [-0.05, 0) is 47.8 Å². The summed E-state index contributed by atoms with van der Waals surface area (Å²) in [6.45, 7) is 0. The molecule has 1 fully saturated rings. The van der Waals surface area contributed by atoms with Gasteiger partial charge in [0.25, 0.3) is 0 Å². The van der Waals surface area contributed by atoms with E-state index < -0.39 is 27.4 Å². The number of ketones is 1. The molecule has 0 N–H and O–H groups in total. The number of fused-ring (bicyclic) bond motifs is 1. The highest BCUT2D eigenvalue weighted by atomic mass is 32.2. The lowest BCUT2D eigenvalue weighted by Crippen LogP contribution is -2.34. The van der Waals surface area contributed by atoms with Gasteiger partial charge in [0.05, 0.1) is 0 Å². The number of hydrogen-bond donors (Lipinski definition) is 0. The molecule has 5 nitrogen and oxygen atoms in total. The fourth-order valence-corrected chi connectivity index (χ4v) is 4.84. The van der Waals surface area contributed by atoms with Crippen LogP contribution in [0.2, 0.25) is 0 Å². The zero-order chi connectivity index (χ0) is 20.9. The van der Waals surface area contributed by atoms with Crippen LogP contribution in [0, 0.1) is 5.41 Å². The third kappa shape index (κ3) is 3.75. The topological polar surface area (TPSA) is 73.3 Å². The molecule has 0 saturated heterocycles. The third-order valence-corrected chi connectivity index (χ3v) is 6.75. The van der Waals surface area contributed by atoms with Crippen molar-refractivity contribution in [2.24, 2.45) is 5.41 Å². The lowest BCUT2D eigenvalue weighted by molar-refractivity contribution is -0.125. The largest absolute Gasteiger partial charge is 0.534 e. The van der Waals surface area contributed by atoms with E-state index in [4.69, 9.17) is 0 Å². The predicted octanol–water partition coefficient (Wildman–Crippen LogP) is 3.93. The molecule has 1 atom stereocenters. The van der Waals surface area contributed by atoms with Gasteiger partial charge >= 0.3 is 15.6 Å². The minimum absolute atomic E-state index is 0.0610.